The fourth-order valence-corrected chi connectivity index (χ4v) is 2.66. The van der Waals surface area contributed by atoms with Crippen LogP contribution in [-0.4, -0.2) is 41.4 Å². The molecule has 0 aromatic heterocycles. The third kappa shape index (κ3) is 6.32. The molecule has 1 amide bonds. The van der Waals surface area contributed by atoms with E-state index >= 15 is 0 Å². The first-order valence-electron chi connectivity index (χ1n) is 6.44. The Morgan fingerprint density at radius 3 is 2.58 bits per heavy atom. The zero-order chi connectivity index (χ0) is 14.1. The zero-order valence-corrected chi connectivity index (χ0v) is 12.7. The first-order chi connectivity index (χ1) is 9.17. The third-order valence-electron chi connectivity index (χ3n) is 2.61. The maximum Gasteiger partial charge on any atom is 0.223 e. The number of carbonyl (C=O) groups excluding carboxylic acids is 1. The lowest BCUT2D eigenvalue weighted by Gasteiger charge is -2.20. The molecule has 19 heavy (non-hydrogen) atoms. The molecule has 0 heterocycles. The Morgan fingerprint density at radius 2 is 2.00 bits per heavy atom. The largest absolute Gasteiger partial charge is 0.395 e. The Labute approximate surface area is 123 Å². The number of rotatable bonds is 8. The van der Waals surface area contributed by atoms with Crippen LogP contribution in [-0.2, 0) is 4.79 Å². The van der Waals surface area contributed by atoms with E-state index in [9.17, 15) is 4.79 Å². The molecule has 1 aromatic rings. The number of amides is 1. The number of hydrogen-bond acceptors (Lipinski definition) is 3. The van der Waals surface area contributed by atoms with E-state index in [1.54, 1.807) is 16.7 Å². The van der Waals surface area contributed by atoms with Crippen molar-refractivity contribution in [3.8, 4) is 0 Å². The predicted molar refractivity (Wildman–Crippen MR) is 80.7 cm³/mol. The van der Waals surface area contributed by atoms with Crippen molar-refractivity contribution in [2.75, 3.05) is 25.4 Å². The van der Waals surface area contributed by atoms with Gasteiger partial charge in [0.1, 0.15) is 0 Å². The summed E-state index contributed by atoms with van der Waals surface area (Å²) in [5, 5.41) is 9.65. The van der Waals surface area contributed by atoms with Crippen LogP contribution in [0.3, 0.4) is 0 Å². The molecule has 0 aliphatic rings. The van der Waals surface area contributed by atoms with Gasteiger partial charge in [-0.1, -0.05) is 18.5 Å². The van der Waals surface area contributed by atoms with Crippen molar-refractivity contribution < 1.29 is 9.90 Å². The van der Waals surface area contributed by atoms with Crippen molar-refractivity contribution in [2.45, 2.75) is 24.7 Å². The number of aliphatic hydroxyl groups is 1. The summed E-state index contributed by atoms with van der Waals surface area (Å²) in [6.07, 6.45) is 1.41. The van der Waals surface area contributed by atoms with E-state index in [4.69, 9.17) is 16.7 Å². The van der Waals surface area contributed by atoms with Gasteiger partial charge in [-0.2, -0.15) is 0 Å². The maximum absolute atomic E-state index is 11.9. The van der Waals surface area contributed by atoms with Gasteiger partial charge in [-0.15, -0.1) is 11.8 Å². The molecule has 0 saturated heterocycles. The van der Waals surface area contributed by atoms with Crippen LogP contribution in [0.2, 0.25) is 5.02 Å². The first-order valence-corrected chi connectivity index (χ1v) is 7.80. The highest BCUT2D eigenvalue weighted by atomic mass is 35.5. The van der Waals surface area contributed by atoms with Crippen molar-refractivity contribution in [2.24, 2.45) is 0 Å². The maximum atomic E-state index is 11.9. The Morgan fingerprint density at radius 1 is 1.32 bits per heavy atom. The highest BCUT2D eigenvalue weighted by Crippen LogP contribution is 2.21. The van der Waals surface area contributed by atoms with Gasteiger partial charge in [0.25, 0.3) is 0 Å². The fraction of sp³-hybridized carbons (Fsp3) is 0.500. The van der Waals surface area contributed by atoms with E-state index in [0.717, 1.165) is 22.1 Å². The van der Waals surface area contributed by atoms with Gasteiger partial charge in [-0.05, 0) is 30.7 Å². The summed E-state index contributed by atoms with van der Waals surface area (Å²) < 4.78 is 0. The number of hydrogen-bond donors (Lipinski definition) is 1. The van der Waals surface area contributed by atoms with Gasteiger partial charge in [0.2, 0.25) is 5.91 Å². The van der Waals surface area contributed by atoms with Crippen LogP contribution in [0.5, 0.6) is 0 Å². The minimum Gasteiger partial charge on any atom is -0.395 e. The topological polar surface area (TPSA) is 40.5 Å². The number of benzene rings is 1. The van der Waals surface area contributed by atoms with Crippen LogP contribution in [0.15, 0.2) is 29.2 Å². The molecule has 0 aliphatic heterocycles. The summed E-state index contributed by atoms with van der Waals surface area (Å²) in [6.45, 7) is 3.19. The Bertz CT molecular complexity index is 378. The highest BCUT2D eigenvalue weighted by molar-refractivity contribution is 7.99. The smallest absolute Gasteiger partial charge is 0.223 e. The lowest BCUT2D eigenvalue weighted by atomic mass is 10.3. The van der Waals surface area contributed by atoms with Crippen LogP contribution in [0.25, 0.3) is 0 Å². The van der Waals surface area contributed by atoms with E-state index in [1.807, 2.05) is 31.2 Å². The van der Waals surface area contributed by atoms with E-state index in [-0.39, 0.29) is 12.5 Å². The van der Waals surface area contributed by atoms with E-state index in [2.05, 4.69) is 0 Å². The van der Waals surface area contributed by atoms with E-state index in [0.29, 0.717) is 19.5 Å². The second-order valence-electron chi connectivity index (χ2n) is 4.16. The van der Waals surface area contributed by atoms with Crippen LogP contribution in [0, 0.1) is 0 Å². The normalized spacial score (nSPS) is 10.5. The number of nitrogens with zero attached hydrogens (tertiary/aromatic N) is 1. The lowest BCUT2D eigenvalue weighted by Crippen LogP contribution is -2.34. The standard InChI is InChI=1S/C14H20ClNO2S/c1-2-8-16(9-10-17)14(18)7-11-19-13-5-3-12(15)4-6-13/h3-6,17H,2,7-11H2,1H3. The molecule has 1 N–H and O–H groups in total. The number of aliphatic hydroxyl groups excluding tert-OH is 1. The van der Waals surface area contributed by atoms with Crippen molar-refractivity contribution >= 4 is 29.3 Å². The lowest BCUT2D eigenvalue weighted by molar-refractivity contribution is -0.131. The molecule has 1 aromatic carbocycles. The molecule has 0 unspecified atom stereocenters. The van der Waals surface area contributed by atoms with Crippen LogP contribution in [0.4, 0.5) is 0 Å². The molecule has 0 fully saturated rings. The molecule has 106 valence electrons. The summed E-state index contributed by atoms with van der Waals surface area (Å²) in [7, 11) is 0. The number of halogens is 1. The van der Waals surface area contributed by atoms with E-state index in [1.165, 1.54) is 0 Å². The minimum atomic E-state index is 0.0239. The minimum absolute atomic E-state index is 0.0239. The molecule has 0 bridgehead atoms. The second kappa shape index (κ2) is 9.23. The number of carbonyl (C=O) groups is 1. The molecular weight excluding hydrogens is 282 g/mol. The quantitative estimate of drug-likeness (QED) is 0.750. The molecule has 3 nitrogen and oxygen atoms in total. The monoisotopic (exact) mass is 301 g/mol. The van der Waals surface area contributed by atoms with Gasteiger partial charge >= 0.3 is 0 Å². The highest BCUT2D eigenvalue weighted by Gasteiger charge is 2.11. The molecule has 0 radical (unpaired) electrons. The molecule has 5 heteroatoms. The average Bonchev–Trinajstić information content (AvgIpc) is 2.40. The van der Waals surface area contributed by atoms with Gasteiger partial charge in [0, 0.05) is 35.2 Å². The molecule has 0 spiro atoms. The van der Waals surface area contributed by atoms with Gasteiger partial charge in [0.05, 0.1) is 6.61 Å². The average molecular weight is 302 g/mol. The zero-order valence-electron chi connectivity index (χ0n) is 11.1. The Hall–Kier alpha value is -0.710. The SMILES string of the molecule is CCCN(CCO)C(=O)CCSc1ccc(Cl)cc1. The van der Waals surface area contributed by atoms with Gasteiger partial charge in [-0.3, -0.25) is 4.79 Å². The van der Waals surface area contributed by atoms with Crippen molar-refractivity contribution in [1.82, 2.24) is 4.90 Å². The van der Waals surface area contributed by atoms with Gasteiger partial charge in [-0.25, -0.2) is 0 Å². The third-order valence-corrected chi connectivity index (χ3v) is 3.88. The van der Waals surface area contributed by atoms with Crippen molar-refractivity contribution in [1.29, 1.82) is 0 Å². The second-order valence-corrected chi connectivity index (χ2v) is 5.76. The summed E-state index contributed by atoms with van der Waals surface area (Å²) >= 11 is 7.46. The van der Waals surface area contributed by atoms with Gasteiger partial charge in [0.15, 0.2) is 0 Å². The first kappa shape index (κ1) is 16.3. The molecule has 0 atom stereocenters. The Kier molecular flexibility index (Phi) is 7.94. The van der Waals surface area contributed by atoms with E-state index < -0.39 is 0 Å². The predicted octanol–water partition coefficient (Wildman–Crippen LogP) is 3.05. The molecule has 1 rings (SSSR count). The van der Waals surface area contributed by atoms with Crippen LogP contribution < -0.4 is 0 Å². The fourth-order valence-electron chi connectivity index (χ4n) is 1.70. The van der Waals surface area contributed by atoms with Crippen molar-refractivity contribution in [3.05, 3.63) is 29.3 Å². The Balaban J connectivity index is 2.34. The summed E-state index contributed by atoms with van der Waals surface area (Å²) in [6, 6.07) is 7.60. The number of thioether (sulfide) groups is 1. The van der Waals surface area contributed by atoms with Crippen LogP contribution >= 0.6 is 23.4 Å². The van der Waals surface area contributed by atoms with Crippen LogP contribution in [0.1, 0.15) is 19.8 Å². The summed E-state index contributed by atoms with van der Waals surface area (Å²) in [4.78, 5) is 14.8. The van der Waals surface area contributed by atoms with Crippen molar-refractivity contribution in [3.63, 3.8) is 0 Å². The summed E-state index contributed by atoms with van der Waals surface area (Å²) in [5.74, 6) is 0.851. The van der Waals surface area contributed by atoms with Gasteiger partial charge < -0.3 is 10.0 Å². The summed E-state index contributed by atoms with van der Waals surface area (Å²) in [5.41, 5.74) is 0. The molecule has 0 aliphatic carbocycles. The molecular formula is C14H20ClNO2S. The molecule has 0 saturated carbocycles.